The first-order valence-electron chi connectivity index (χ1n) is 6.36. The van der Waals surface area contributed by atoms with E-state index in [9.17, 15) is 9.59 Å². The number of nitrogens with zero attached hydrogens (tertiary/aromatic N) is 4. The molecule has 0 aromatic heterocycles. The summed E-state index contributed by atoms with van der Waals surface area (Å²) in [6, 6.07) is -0.453. The van der Waals surface area contributed by atoms with E-state index >= 15 is 0 Å². The van der Waals surface area contributed by atoms with Gasteiger partial charge in [-0.15, -0.1) is 0 Å². The molecule has 1 saturated heterocycles. The van der Waals surface area contributed by atoms with E-state index in [1.165, 1.54) is 12.0 Å². The Labute approximate surface area is 117 Å². The van der Waals surface area contributed by atoms with Crippen molar-refractivity contribution >= 4 is 12.1 Å². The van der Waals surface area contributed by atoms with Crippen molar-refractivity contribution in [2.75, 3.05) is 20.2 Å². The van der Waals surface area contributed by atoms with Gasteiger partial charge in [-0.3, -0.25) is 4.79 Å². The highest BCUT2D eigenvalue weighted by Crippen LogP contribution is 2.22. The van der Waals surface area contributed by atoms with Gasteiger partial charge in [0.1, 0.15) is 5.60 Å². The number of likely N-dealkylation sites (tertiary alicyclic amines) is 1. The maximum Gasteiger partial charge on any atom is 0.410 e. The smallest absolute Gasteiger partial charge is 0.410 e. The van der Waals surface area contributed by atoms with Gasteiger partial charge in [0.2, 0.25) is 0 Å². The molecule has 8 heteroatoms. The van der Waals surface area contributed by atoms with Gasteiger partial charge in [-0.1, -0.05) is 5.11 Å². The number of carbonyl (C=O) groups is 2. The Morgan fingerprint density at radius 1 is 1.35 bits per heavy atom. The molecular formula is C12H20N4O4. The summed E-state index contributed by atoms with van der Waals surface area (Å²) in [7, 11) is 1.29. The van der Waals surface area contributed by atoms with E-state index in [2.05, 4.69) is 10.0 Å². The Hall–Kier alpha value is -1.95. The van der Waals surface area contributed by atoms with Gasteiger partial charge in [-0.05, 0) is 32.7 Å². The lowest BCUT2D eigenvalue weighted by Gasteiger charge is -2.35. The van der Waals surface area contributed by atoms with Crippen molar-refractivity contribution in [2.24, 2.45) is 11.0 Å². The SMILES string of the molecule is COC(=O)[C@H]1C[C@H](N=[N+]=[N-])CN(C(=O)OC(C)(C)C)C1. The number of rotatable bonds is 2. The molecule has 1 aliphatic heterocycles. The molecule has 0 aromatic rings. The molecule has 0 aliphatic carbocycles. The van der Waals surface area contributed by atoms with E-state index in [4.69, 9.17) is 15.0 Å². The molecule has 8 nitrogen and oxygen atoms in total. The van der Waals surface area contributed by atoms with Crippen LogP contribution in [0.1, 0.15) is 27.2 Å². The van der Waals surface area contributed by atoms with Crippen molar-refractivity contribution in [2.45, 2.75) is 38.8 Å². The predicted octanol–water partition coefficient (Wildman–Crippen LogP) is 2.10. The predicted molar refractivity (Wildman–Crippen MR) is 70.9 cm³/mol. The van der Waals surface area contributed by atoms with Crippen LogP contribution < -0.4 is 0 Å². The number of methoxy groups -OCH3 is 1. The average Bonchev–Trinajstić information content (AvgIpc) is 2.35. The summed E-state index contributed by atoms with van der Waals surface area (Å²) in [4.78, 5) is 27.8. The lowest BCUT2D eigenvalue weighted by atomic mass is 9.95. The van der Waals surface area contributed by atoms with Crippen molar-refractivity contribution in [1.29, 1.82) is 0 Å². The third-order valence-electron chi connectivity index (χ3n) is 2.83. The number of esters is 1. The molecule has 0 spiro atoms. The average molecular weight is 284 g/mol. The summed E-state index contributed by atoms with van der Waals surface area (Å²) in [5, 5.41) is 3.60. The Morgan fingerprint density at radius 2 is 2.00 bits per heavy atom. The van der Waals surface area contributed by atoms with E-state index in [1.807, 2.05) is 0 Å². The molecule has 20 heavy (non-hydrogen) atoms. The number of amides is 1. The number of azide groups is 1. The van der Waals surface area contributed by atoms with Crippen LogP contribution in [0.4, 0.5) is 4.79 Å². The fourth-order valence-electron chi connectivity index (χ4n) is 2.04. The van der Waals surface area contributed by atoms with Crippen molar-refractivity contribution in [3.8, 4) is 0 Å². The maximum absolute atomic E-state index is 12.0. The van der Waals surface area contributed by atoms with Crippen molar-refractivity contribution in [3.63, 3.8) is 0 Å². The Kier molecular flexibility index (Phi) is 5.21. The lowest BCUT2D eigenvalue weighted by molar-refractivity contribution is -0.147. The summed E-state index contributed by atoms with van der Waals surface area (Å²) in [6.07, 6.45) is -0.153. The fourth-order valence-corrected chi connectivity index (χ4v) is 2.04. The molecule has 0 saturated carbocycles. The van der Waals surface area contributed by atoms with Crippen LogP contribution in [0.2, 0.25) is 0 Å². The zero-order chi connectivity index (χ0) is 15.3. The van der Waals surface area contributed by atoms with Gasteiger partial charge in [0, 0.05) is 18.0 Å². The van der Waals surface area contributed by atoms with Gasteiger partial charge in [0.05, 0.1) is 19.1 Å². The second-order valence-electron chi connectivity index (χ2n) is 5.70. The van der Waals surface area contributed by atoms with E-state index in [-0.39, 0.29) is 13.1 Å². The van der Waals surface area contributed by atoms with E-state index in [1.54, 1.807) is 20.8 Å². The third kappa shape index (κ3) is 4.62. The molecule has 0 bridgehead atoms. The number of carbonyl (C=O) groups excluding carboxylic acids is 2. The molecule has 1 amide bonds. The van der Waals surface area contributed by atoms with Gasteiger partial charge in [-0.2, -0.15) is 0 Å². The molecule has 0 radical (unpaired) electrons. The number of ether oxygens (including phenoxy) is 2. The summed E-state index contributed by atoms with van der Waals surface area (Å²) in [5.74, 6) is -0.923. The highest BCUT2D eigenvalue weighted by atomic mass is 16.6. The fraction of sp³-hybridized carbons (Fsp3) is 0.833. The van der Waals surface area contributed by atoms with E-state index in [0.29, 0.717) is 6.42 Å². The molecular weight excluding hydrogens is 264 g/mol. The summed E-state index contributed by atoms with van der Waals surface area (Å²) < 4.78 is 9.96. The first-order valence-corrected chi connectivity index (χ1v) is 6.36. The van der Waals surface area contributed by atoms with Gasteiger partial charge < -0.3 is 14.4 Å². The van der Waals surface area contributed by atoms with Crippen molar-refractivity contribution in [3.05, 3.63) is 10.4 Å². The van der Waals surface area contributed by atoms with Crippen LogP contribution in [-0.2, 0) is 14.3 Å². The first-order chi connectivity index (χ1) is 9.26. The Balaban J connectivity index is 2.81. The van der Waals surface area contributed by atoms with E-state index in [0.717, 1.165) is 0 Å². The lowest BCUT2D eigenvalue weighted by Crippen LogP contribution is -2.49. The zero-order valence-corrected chi connectivity index (χ0v) is 12.2. The Bertz CT molecular complexity index is 426. The molecule has 0 N–H and O–H groups in total. The van der Waals surface area contributed by atoms with Crippen LogP contribution in [0.5, 0.6) is 0 Å². The highest BCUT2D eigenvalue weighted by molar-refractivity contribution is 5.75. The van der Waals surface area contributed by atoms with Gasteiger partial charge in [0.15, 0.2) is 0 Å². The molecule has 1 fully saturated rings. The van der Waals surface area contributed by atoms with Crippen molar-refractivity contribution < 1.29 is 19.1 Å². The largest absolute Gasteiger partial charge is 0.469 e. The topological polar surface area (TPSA) is 105 Å². The summed E-state index contributed by atoms with van der Waals surface area (Å²) in [6.45, 7) is 5.73. The Morgan fingerprint density at radius 3 is 2.50 bits per heavy atom. The standard InChI is InChI=1S/C12H20N4O4/c1-12(2,3)20-11(18)16-6-8(10(17)19-4)5-9(7-16)14-15-13/h8-9H,5-7H2,1-4H3/t8-,9-/m0/s1. The second-order valence-corrected chi connectivity index (χ2v) is 5.70. The van der Waals surface area contributed by atoms with Crippen LogP contribution in [0.25, 0.3) is 10.4 Å². The molecule has 0 unspecified atom stereocenters. The molecule has 1 rings (SSSR count). The first kappa shape index (κ1) is 16.1. The van der Waals surface area contributed by atoms with Crippen LogP contribution in [0.3, 0.4) is 0 Å². The van der Waals surface area contributed by atoms with Gasteiger partial charge >= 0.3 is 12.1 Å². The van der Waals surface area contributed by atoms with Crippen LogP contribution in [-0.4, -0.2) is 48.8 Å². The monoisotopic (exact) mass is 284 g/mol. The minimum absolute atomic E-state index is 0.207. The maximum atomic E-state index is 12.0. The minimum atomic E-state index is -0.622. The molecule has 1 aliphatic rings. The minimum Gasteiger partial charge on any atom is -0.469 e. The highest BCUT2D eigenvalue weighted by Gasteiger charge is 2.35. The molecule has 1 heterocycles. The third-order valence-corrected chi connectivity index (χ3v) is 2.83. The second kappa shape index (κ2) is 6.47. The van der Waals surface area contributed by atoms with Crippen LogP contribution in [0.15, 0.2) is 5.11 Å². The quantitative estimate of drug-likeness (QED) is 0.335. The normalized spacial score (nSPS) is 22.7. The molecule has 0 aromatic carbocycles. The van der Waals surface area contributed by atoms with Crippen LogP contribution >= 0.6 is 0 Å². The number of hydrogen-bond acceptors (Lipinski definition) is 5. The van der Waals surface area contributed by atoms with E-state index < -0.39 is 29.6 Å². The summed E-state index contributed by atoms with van der Waals surface area (Å²) >= 11 is 0. The summed E-state index contributed by atoms with van der Waals surface area (Å²) in [5.41, 5.74) is 7.90. The van der Waals surface area contributed by atoms with Crippen LogP contribution in [0, 0.1) is 5.92 Å². The van der Waals surface area contributed by atoms with Crippen molar-refractivity contribution in [1.82, 2.24) is 4.90 Å². The zero-order valence-electron chi connectivity index (χ0n) is 12.2. The van der Waals surface area contributed by atoms with Gasteiger partial charge in [-0.25, -0.2) is 4.79 Å². The number of piperidine rings is 1. The molecule has 112 valence electrons. The molecule has 2 atom stereocenters. The number of hydrogen-bond donors (Lipinski definition) is 0. The van der Waals surface area contributed by atoms with Gasteiger partial charge in [0.25, 0.3) is 0 Å².